The van der Waals surface area contributed by atoms with Crippen molar-refractivity contribution in [3.63, 3.8) is 0 Å². The summed E-state index contributed by atoms with van der Waals surface area (Å²) in [5.74, 6) is 0.672. The Morgan fingerprint density at radius 1 is 0.963 bits per heavy atom. The van der Waals surface area contributed by atoms with Crippen LogP contribution in [0.5, 0.6) is 0 Å². The van der Waals surface area contributed by atoms with Crippen molar-refractivity contribution in [2.75, 3.05) is 0 Å². The Bertz CT molecular complexity index is 1030. The van der Waals surface area contributed by atoms with Gasteiger partial charge in [0.25, 0.3) is 0 Å². The minimum absolute atomic E-state index is 0.312. The molecule has 4 rings (SSSR count). The number of fused-ring (bicyclic) bond motifs is 1. The summed E-state index contributed by atoms with van der Waals surface area (Å²) in [5, 5.41) is 2.21. The standard InChI is InChI=1S/C13H9S.C9H13.C2H6Si.Zr/c1-2-5-11-10(4-1)7-8-12(11)13-6-3-9-14-13;1-6-5-7(2)9(4)8(6)3;1-3-2;/h1-9H;6H,1-4H3;1-2H3;. The van der Waals surface area contributed by atoms with Gasteiger partial charge in [-0.15, -0.1) is 0 Å². The number of hydrogen-bond acceptors (Lipinski definition) is 1. The fourth-order valence-electron chi connectivity index (χ4n) is 4.79. The molecule has 0 aliphatic heterocycles. The third kappa shape index (κ3) is 3.20. The molecule has 0 bridgehead atoms. The van der Waals surface area contributed by atoms with Gasteiger partial charge < -0.3 is 0 Å². The Hall–Kier alpha value is -0.760. The predicted octanol–water partition coefficient (Wildman–Crippen LogP) is 7.36. The van der Waals surface area contributed by atoms with Gasteiger partial charge in [-0.3, -0.25) is 0 Å². The molecule has 2 atom stereocenters. The minimum atomic E-state index is -1.85. The van der Waals surface area contributed by atoms with Crippen LogP contribution in [0.4, 0.5) is 0 Å². The van der Waals surface area contributed by atoms with E-state index >= 15 is 0 Å². The summed E-state index contributed by atoms with van der Waals surface area (Å²) in [6.45, 7) is 14.8. The molecule has 1 aromatic heterocycles. The van der Waals surface area contributed by atoms with Crippen molar-refractivity contribution in [1.29, 1.82) is 0 Å². The average molecular weight is 468 g/mol. The van der Waals surface area contributed by atoms with Gasteiger partial charge in [-0.2, -0.15) is 0 Å². The molecule has 0 fully saturated rings. The summed E-state index contributed by atoms with van der Waals surface area (Å²) in [6.07, 6.45) is 2.68. The molecule has 3 heteroatoms. The first-order chi connectivity index (χ1) is 12.9. The van der Waals surface area contributed by atoms with Crippen LogP contribution in [0.2, 0.25) is 13.1 Å². The van der Waals surface area contributed by atoms with E-state index < -0.39 is 20.4 Å². The molecule has 0 N–H and O–H groups in total. The molecule has 0 nitrogen and oxygen atoms in total. The topological polar surface area (TPSA) is 0 Å². The Balaban J connectivity index is 1.90. The van der Waals surface area contributed by atoms with Crippen molar-refractivity contribution in [2.24, 2.45) is 5.92 Å². The molecule has 27 heavy (non-hydrogen) atoms. The van der Waals surface area contributed by atoms with E-state index in [1.54, 1.807) is 22.3 Å². The van der Waals surface area contributed by atoms with Crippen molar-refractivity contribution in [3.8, 4) is 0 Å². The van der Waals surface area contributed by atoms with Crippen LogP contribution in [-0.2, 0) is 20.4 Å². The van der Waals surface area contributed by atoms with Crippen LogP contribution in [0.1, 0.15) is 47.3 Å². The molecular formula is C24H28SSiZr. The molecule has 0 radical (unpaired) electrons. The number of thiophene rings is 1. The fourth-order valence-corrected chi connectivity index (χ4v) is 25.2. The van der Waals surface area contributed by atoms with Crippen LogP contribution in [0.25, 0.3) is 5.57 Å². The second kappa shape index (κ2) is 7.58. The molecule has 138 valence electrons. The molecule has 2 aliphatic carbocycles. The van der Waals surface area contributed by atoms with E-state index in [-0.39, 0.29) is 5.43 Å². The summed E-state index contributed by atoms with van der Waals surface area (Å²) in [6, 6.07) is 13.7. The van der Waals surface area contributed by atoms with Gasteiger partial charge in [0, 0.05) is 0 Å². The second-order valence-electron chi connectivity index (χ2n) is 8.10. The summed E-state index contributed by atoms with van der Waals surface area (Å²) < 4.78 is 2.62. The molecule has 1 heterocycles. The number of hydrogen-bond donors (Lipinski definition) is 0. The van der Waals surface area contributed by atoms with Crippen LogP contribution in [-0.4, -0.2) is 5.43 Å². The Kier molecular flexibility index (Phi) is 5.49. The molecule has 2 unspecified atom stereocenters. The molecule has 0 saturated carbocycles. The van der Waals surface area contributed by atoms with Crippen LogP contribution in [0.3, 0.4) is 0 Å². The molecule has 2 aliphatic rings. The van der Waals surface area contributed by atoms with Crippen LogP contribution in [0.15, 0.2) is 67.9 Å². The average Bonchev–Trinajstić information content (AvgIpc) is 3.34. The van der Waals surface area contributed by atoms with E-state index in [1.165, 1.54) is 16.0 Å². The SMILES string of the molecule is CC1=C(C)C(C)[C]([Zr]([CH]2C=C(c3cccs3)c3ccccc32)=[Si](C)C)=C1C. The molecule has 0 spiro atoms. The quantitative estimate of drug-likeness (QED) is 0.413. The zero-order chi connectivity index (χ0) is 19.3. The Morgan fingerprint density at radius 3 is 2.30 bits per heavy atom. The fraction of sp³-hybridized carbons (Fsp3) is 0.333. The van der Waals surface area contributed by atoms with Gasteiger partial charge in [0.2, 0.25) is 0 Å². The van der Waals surface area contributed by atoms with Crippen molar-refractivity contribution >= 4 is 22.3 Å². The van der Waals surface area contributed by atoms with Gasteiger partial charge in [0.15, 0.2) is 0 Å². The summed E-state index contributed by atoms with van der Waals surface area (Å²) in [7, 11) is 0. The predicted molar refractivity (Wildman–Crippen MR) is 118 cm³/mol. The number of allylic oxidation sites excluding steroid dienone is 5. The monoisotopic (exact) mass is 466 g/mol. The van der Waals surface area contributed by atoms with Crippen molar-refractivity contribution in [2.45, 2.75) is 44.4 Å². The number of benzene rings is 1. The van der Waals surface area contributed by atoms with E-state index in [1.807, 2.05) is 14.6 Å². The van der Waals surface area contributed by atoms with Gasteiger partial charge in [0.1, 0.15) is 0 Å². The maximum absolute atomic E-state index is 2.68. The third-order valence-corrected chi connectivity index (χ3v) is 26.0. The molecule has 2 aromatic rings. The first-order valence-corrected chi connectivity index (χ1v) is 19.5. The number of rotatable bonds is 3. The van der Waals surface area contributed by atoms with Crippen LogP contribution in [0, 0.1) is 5.92 Å². The van der Waals surface area contributed by atoms with Gasteiger partial charge >= 0.3 is 177 Å². The normalized spacial score (nSPS) is 21.6. The Labute approximate surface area is 175 Å². The van der Waals surface area contributed by atoms with E-state index in [0.29, 0.717) is 9.54 Å². The van der Waals surface area contributed by atoms with E-state index in [0.717, 1.165) is 0 Å². The van der Waals surface area contributed by atoms with Gasteiger partial charge in [0.05, 0.1) is 0 Å². The van der Waals surface area contributed by atoms with Crippen LogP contribution < -0.4 is 0 Å². The van der Waals surface area contributed by atoms with E-state index in [9.17, 15) is 0 Å². The summed E-state index contributed by atoms with van der Waals surface area (Å²) >= 11 is 0.0305. The Morgan fingerprint density at radius 2 is 1.70 bits per heavy atom. The zero-order valence-corrected chi connectivity index (χ0v) is 21.5. The second-order valence-corrected chi connectivity index (χ2v) is 26.5. The third-order valence-electron chi connectivity index (χ3n) is 6.49. The van der Waals surface area contributed by atoms with Crippen molar-refractivity contribution in [1.82, 2.24) is 0 Å². The molecule has 0 saturated heterocycles. The zero-order valence-electron chi connectivity index (χ0n) is 17.2. The van der Waals surface area contributed by atoms with Crippen molar-refractivity contribution in [3.05, 3.63) is 83.9 Å². The van der Waals surface area contributed by atoms with E-state index in [4.69, 9.17) is 0 Å². The summed E-state index contributed by atoms with van der Waals surface area (Å²) in [4.78, 5) is 1.43. The first-order valence-electron chi connectivity index (χ1n) is 9.83. The first kappa shape index (κ1) is 19.6. The van der Waals surface area contributed by atoms with Gasteiger partial charge in [-0.1, -0.05) is 0 Å². The summed E-state index contributed by atoms with van der Waals surface area (Å²) in [5.41, 5.74) is 9.15. The molecule has 0 amide bonds. The van der Waals surface area contributed by atoms with Gasteiger partial charge in [-0.05, 0) is 0 Å². The van der Waals surface area contributed by atoms with Gasteiger partial charge in [-0.25, -0.2) is 0 Å². The maximum atomic E-state index is 2.68. The molecule has 1 aromatic carbocycles. The van der Waals surface area contributed by atoms with E-state index in [2.05, 4.69) is 88.6 Å². The van der Waals surface area contributed by atoms with Crippen molar-refractivity contribution < 1.29 is 20.4 Å². The molecular weight excluding hydrogens is 440 g/mol. The van der Waals surface area contributed by atoms with Crippen LogP contribution >= 0.6 is 11.3 Å².